The first-order valence-electron chi connectivity index (χ1n) is 7.85. The van der Waals surface area contributed by atoms with Gasteiger partial charge in [-0.05, 0) is 44.2 Å². The SMILES string of the molecule is CC(=Nc1ccc(Cl)cc1Cl)c1c(C)[nH]n(-c2ccc([N+](=O)[O-])cc2)c1=O. The van der Waals surface area contributed by atoms with Crippen LogP contribution in [0.5, 0.6) is 0 Å². The number of nitrogens with one attached hydrogen (secondary N) is 1. The molecule has 0 atom stereocenters. The zero-order valence-corrected chi connectivity index (χ0v) is 15.9. The van der Waals surface area contributed by atoms with Crippen molar-refractivity contribution >= 4 is 40.3 Å². The van der Waals surface area contributed by atoms with E-state index in [1.54, 1.807) is 32.0 Å². The number of nitro groups is 1. The van der Waals surface area contributed by atoms with E-state index in [0.717, 1.165) is 0 Å². The average Bonchev–Trinajstić information content (AvgIpc) is 2.92. The Kier molecular flexibility index (Phi) is 5.16. The Labute approximate surface area is 164 Å². The zero-order valence-electron chi connectivity index (χ0n) is 14.4. The summed E-state index contributed by atoms with van der Waals surface area (Å²) in [5, 5.41) is 14.6. The molecule has 0 spiro atoms. The second-order valence-electron chi connectivity index (χ2n) is 5.82. The zero-order chi connectivity index (χ0) is 19.7. The number of aliphatic imine (C=N–C) groups is 1. The minimum Gasteiger partial charge on any atom is -0.295 e. The lowest BCUT2D eigenvalue weighted by Crippen LogP contribution is -2.19. The van der Waals surface area contributed by atoms with Crippen molar-refractivity contribution in [2.24, 2.45) is 4.99 Å². The van der Waals surface area contributed by atoms with Crippen molar-refractivity contribution in [3.63, 3.8) is 0 Å². The minimum atomic E-state index is -0.495. The maximum absolute atomic E-state index is 12.8. The molecule has 1 heterocycles. The number of halogens is 2. The van der Waals surface area contributed by atoms with Gasteiger partial charge in [-0.25, -0.2) is 4.68 Å². The quantitative estimate of drug-likeness (QED) is 0.383. The van der Waals surface area contributed by atoms with Gasteiger partial charge in [-0.3, -0.25) is 25.0 Å². The molecule has 138 valence electrons. The van der Waals surface area contributed by atoms with E-state index in [9.17, 15) is 14.9 Å². The first-order valence-corrected chi connectivity index (χ1v) is 8.60. The number of hydrogen-bond donors (Lipinski definition) is 1. The van der Waals surface area contributed by atoms with Crippen LogP contribution >= 0.6 is 23.2 Å². The Morgan fingerprint density at radius 2 is 1.85 bits per heavy atom. The number of aromatic amines is 1. The molecule has 0 aliphatic heterocycles. The summed E-state index contributed by atoms with van der Waals surface area (Å²) in [5.74, 6) is 0. The summed E-state index contributed by atoms with van der Waals surface area (Å²) in [7, 11) is 0. The largest absolute Gasteiger partial charge is 0.295 e. The van der Waals surface area contributed by atoms with Crippen LogP contribution in [0.1, 0.15) is 18.2 Å². The van der Waals surface area contributed by atoms with Gasteiger partial charge in [-0.1, -0.05) is 23.2 Å². The third kappa shape index (κ3) is 3.79. The molecule has 0 radical (unpaired) electrons. The van der Waals surface area contributed by atoms with Crippen molar-refractivity contribution < 1.29 is 4.92 Å². The number of nitro benzene ring substituents is 1. The molecular weight excluding hydrogens is 391 g/mol. The fourth-order valence-electron chi connectivity index (χ4n) is 2.69. The van der Waals surface area contributed by atoms with Crippen LogP contribution in [-0.4, -0.2) is 20.4 Å². The fourth-order valence-corrected chi connectivity index (χ4v) is 3.14. The van der Waals surface area contributed by atoms with Gasteiger partial charge in [-0.15, -0.1) is 0 Å². The molecule has 1 aromatic heterocycles. The Morgan fingerprint density at radius 1 is 1.19 bits per heavy atom. The monoisotopic (exact) mass is 404 g/mol. The van der Waals surface area contributed by atoms with Gasteiger partial charge in [0, 0.05) is 22.8 Å². The van der Waals surface area contributed by atoms with E-state index in [2.05, 4.69) is 10.1 Å². The normalized spacial score (nSPS) is 11.6. The molecule has 3 aromatic rings. The topological polar surface area (TPSA) is 93.3 Å². The maximum atomic E-state index is 12.8. The summed E-state index contributed by atoms with van der Waals surface area (Å²) in [6.07, 6.45) is 0. The average molecular weight is 405 g/mol. The second kappa shape index (κ2) is 7.38. The highest BCUT2D eigenvalue weighted by molar-refractivity contribution is 6.36. The minimum absolute atomic E-state index is 0.0505. The highest BCUT2D eigenvalue weighted by Crippen LogP contribution is 2.28. The van der Waals surface area contributed by atoms with E-state index >= 15 is 0 Å². The summed E-state index contributed by atoms with van der Waals surface area (Å²) in [5.41, 5.74) is 2.12. The van der Waals surface area contributed by atoms with Crippen LogP contribution < -0.4 is 5.56 Å². The number of rotatable bonds is 4. The Morgan fingerprint density at radius 3 is 2.44 bits per heavy atom. The van der Waals surface area contributed by atoms with E-state index in [4.69, 9.17) is 23.2 Å². The fraction of sp³-hybridized carbons (Fsp3) is 0.111. The van der Waals surface area contributed by atoms with Crippen LogP contribution in [0.2, 0.25) is 10.0 Å². The highest BCUT2D eigenvalue weighted by atomic mass is 35.5. The molecule has 27 heavy (non-hydrogen) atoms. The van der Waals surface area contributed by atoms with E-state index in [1.807, 2.05) is 0 Å². The van der Waals surface area contributed by atoms with Crippen LogP contribution in [-0.2, 0) is 0 Å². The highest BCUT2D eigenvalue weighted by Gasteiger charge is 2.16. The summed E-state index contributed by atoms with van der Waals surface area (Å²) in [6.45, 7) is 3.46. The van der Waals surface area contributed by atoms with E-state index in [-0.39, 0.29) is 11.2 Å². The molecule has 0 saturated carbocycles. The molecule has 0 amide bonds. The molecule has 0 aliphatic carbocycles. The lowest BCUT2D eigenvalue weighted by Gasteiger charge is -2.02. The summed E-state index contributed by atoms with van der Waals surface area (Å²) in [6, 6.07) is 10.6. The molecular formula is C18H14Cl2N4O3. The lowest BCUT2D eigenvalue weighted by molar-refractivity contribution is -0.384. The van der Waals surface area contributed by atoms with Crippen molar-refractivity contribution in [2.75, 3.05) is 0 Å². The lowest BCUT2D eigenvalue weighted by atomic mass is 10.1. The van der Waals surface area contributed by atoms with Crippen LogP contribution in [0.4, 0.5) is 11.4 Å². The van der Waals surface area contributed by atoms with Crippen molar-refractivity contribution in [1.82, 2.24) is 9.78 Å². The van der Waals surface area contributed by atoms with Crippen molar-refractivity contribution in [3.8, 4) is 5.69 Å². The molecule has 3 rings (SSSR count). The first kappa shape index (κ1) is 18.9. The number of nitrogens with zero attached hydrogens (tertiary/aromatic N) is 3. The third-order valence-electron chi connectivity index (χ3n) is 3.95. The predicted molar refractivity (Wildman–Crippen MR) is 106 cm³/mol. The summed E-state index contributed by atoms with van der Waals surface area (Å²) >= 11 is 12.0. The number of H-pyrrole nitrogens is 1. The van der Waals surface area contributed by atoms with Gasteiger partial charge in [0.15, 0.2) is 0 Å². The Hall–Kier alpha value is -2.90. The van der Waals surface area contributed by atoms with E-state index in [1.165, 1.54) is 28.9 Å². The van der Waals surface area contributed by atoms with Crippen LogP contribution in [0.15, 0.2) is 52.3 Å². The molecule has 7 nitrogen and oxygen atoms in total. The number of non-ortho nitro benzene ring substituents is 1. The van der Waals surface area contributed by atoms with Gasteiger partial charge in [-0.2, -0.15) is 0 Å². The van der Waals surface area contributed by atoms with Gasteiger partial charge >= 0.3 is 0 Å². The van der Waals surface area contributed by atoms with Gasteiger partial charge in [0.1, 0.15) is 0 Å². The molecule has 0 aliphatic rings. The number of aromatic nitrogens is 2. The molecule has 0 saturated heterocycles. The van der Waals surface area contributed by atoms with E-state index in [0.29, 0.717) is 38.4 Å². The molecule has 0 bridgehead atoms. The van der Waals surface area contributed by atoms with Crippen LogP contribution in [0.25, 0.3) is 5.69 Å². The smallest absolute Gasteiger partial charge is 0.280 e. The third-order valence-corrected chi connectivity index (χ3v) is 4.49. The summed E-state index contributed by atoms with van der Waals surface area (Å²) < 4.78 is 1.32. The summed E-state index contributed by atoms with van der Waals surface area (Å²) in [4.78, 5) is 27.6. The van der Waals surface area contributed by atoms with Gasteiger partial charge in [0.05, 0.1) is 32.6 Å². The van der Waals surface area contributed by atoms with Gasteiger partial charge in [0.2, 0.25) is 0 Å². The molecule has 0 fully saturated rings. The van der Waals surface area contributed by atoms with Crippen LogP contribution in [0, 0.1) is 17.0 Å². The second-order valence-corrected chi connectivity index (χ2v) is 6.66. The number of hydrogen-bond acceptors (Lipinski definition) is 4. The van der Waals surface area contributed by atoms with Crippen molar-refractivity contribution in [1.29, 1.82) is 0 Å². The predicted octanol–water partition coefficient (Wildman–Crippen LogP) is 4.83. The Bertz CT molecular complexity index is 1110. The first-order chi connectivity index (χ1) is 12.8. The standard InChI is InChI=1S/C18H14Cl2N4O3/c1-10(21-16-8-3-12(19)9-15(16)20)17-11(2)22-23(18(17)25)13-4-6-14(7-5-13)24(26)27/h3-9,22H,1-2H3. The van der Waals surface area contributed by atoms with Gasteiger partial charge in [0.25, 0.3) is 11.2 Å². The van der Waals surface area contributed by atoms with E-state index < -0.39 is 4.92 Å². The number of benzene rings is 2. The molecule has 9 heteroatoms. The van der Waals surface area contributed by atoms with Crippen molar-refractivity contribution in [2.45, 2.75) is 13.8 Å². The van der Waals surface area contributed by atoms with Crippen molar-refractivity contribution in [3.05, 3.63) is 84.2 Å². The van der Waals surface area contributed by atoms with Gasteiger partial charge < -0.3 is 0 Å². The van der Waals surface area contributed by atoms with Crippen LogP contribution in [0.3, 0.4) is 0 Å². The molecule has 1 N–H and O–H groups in total. The maximum Gasteiger partial charge on any atom is 0.280 e. The number of aryl methyl sites for hydroxylation is 1. The molecule has 0 unspecified atom stereocenters. The Balaban J connectivity index is 2.04. The molecule has 2 aromatic carbocycles.